The lowest BCUT2D eigenvalue weighted by Crippen LogP contribution is -2.16. The van der Waals surface area contributed by atoms with Gasteiger partial charge in [0.2, 0.25) is 0 Å². The van der Waals surface area contributed by atoms with Gasteiger partial charge in [0, 0.05) is 6.42 Å². The zero-order chi connectivity index (χ0) is 9.42. The van der Waals surface area contributed by atoms with Crippen molar-refractivity contribution >= 4 is 17.4 Å². The number of hydrogen-bond acceptors (Lipinski definition) is 2. The largest absolute Gasteiger partial charge is 0.492 e. The summed E-state index contributed by atoms with van der Waals surface area (Å²) in [6.07, 6.45) is 0.260. The van der Waals surface area contributed by atoms with Gasteiger partial charge < -0.3 is 4.74 Å². The third-order valence-electron chi connectivity index (χ3n) is 1.92. The zero-order valence-corrected chi connectivity index (χ0v) is 7.40. The van der Waals surface area contributed by atoms with Crippen LogP contribution in [0.2, 0.25) is 5.02 Å². The fraction of sp³-hybridized carbons (Fsp3) is 0.222. The van der Waals surface area contributed by atoms with Crippen LogP contribution in [-0.2, 0) is 0 Å². The Balaban J connectivity index is 2.65. The van der Waals surface area contributed by atoms with Crippen molar-refractivity contribution in [1.29, 1.82) is 0 Å². The van der Waals surface area contributed by atoms with E-state index >= 15 is 0 Å². The maximum atomic E-state index is 12.9. The number of Topliss-reactive ketones (excluding diaryl/α,β-unsaturated/α-hetero) is 1. The first-order valence-corrected chi connectivity index (χ1v) is 4.22. The minimum atomic E-state index is -0.584. The minimum absolute atomic E-state index is 0.137. The van der Waals surface area contributed by atoms with Crippen molar-refractivity contribution in [2.45, 2.75) is 6.42 Å². The smallest absolute Gasteiger partial charge is 0.171 e. The molecule has 0 unspecified atom stereocenters. The highest BCUT2D eigenvalue weighted by Crippen LogP contribution is 2.32. The second kappa shape index (κ2) is 3.00. The topological polar surface area (TPSA) is 26.3 Å². The van der Waals surface area contributed by atoms with Gasteiger partial charge in [-0.25, -0.2) is 4.39 Å². The third kappa shape index (κ3) is 1.29. The minimum Gasteiger partial charge on any atom is -0.492 e. The molecule has 2 rings (SSSR count). The Morgan fingerprint density at radius 2 is 2.23 bits per heavy atom. The molecule has 13 heavy (non-hydrogen) atoms. The van der Waals surface area contributed by atoms with Gasteiger partial charge >= 0.3 is 0 Å². The Kier molecular flexibility index (Phi) is 1.96. The van der Waals surface area contributed by atoms with Gasteiger partial charge in [-0.1, -0.05) is 11.6 Å². The molecule has 0 N–H and O–H groups in total. The number of rotatable bonds is 0. The molecule has 1 aliphatic heterocycles. The van der Waals surface area contributed by atoms with Crippen molar-refractivity contribution < 1.29 is 13.9 Å². The first-order chi connectivity index (χ1) is 6.20. The number of benzene rings is 1. The number of halogens is 2. The molecule has 0 fully saturated rings. The molecule has 1 aromatic carbocycles. The third-order valence-corrected chi connectivity index (χ3v) is 2.29. The van der Waals surface area contributed by atoms with Gasteiger partial charge in [0.1, 0.15) is 11.6 Å². The first kappa shape index (κ1) is 8.51. The van der Waals surface area contributed by atoms with Crippen molar-refractivity contribution in [2.24, 2.45) is 0 Å². The molecule has 2 nitrogen and oxygen atoms in total. The molecule has 0 saturated carbocycles. The molecule has 0 amide bonds. The Labute approximate surface area is 79.3 Å². The summed E-state index contributed by atoms with van der Waals surface area (Å²) in [5, 5.41) is -0.137. The number of ether oxygens (including phenoxy) is 1. The van der Waals surface area contributed by atoms with Crippen molar-refractivity contribution in [3.63, 3.8) is 0 Å². The van der Waals surface area contributed by atoms with Crippen molar-refractivity contribution in [1.82, 2.24) is 0 Å². The lowest BCUT2D eigenvalue weighted by molar-refractivity contribution is 0.0933. The summed E-state index contributed by atoms with van der Waals surface area (Å²) < 4.78 is 18.1. The van der Waals surface area contributed by atoms with E-state index in [-0.39, 0.29) is 22.8 Å². The summed E-state index contributed by atoms with van der Waals surface area (Å²) in [5.41, 5.74) is 0.174. The van der Waals surface area contributed by atoms with E-state index in [1.165, 1.54) is 12.1 Å². The molecule has 4 heteroatoms. The number of ketones is 1. The Morgan fingerprint density at radius 1 is 1.46 bits per heavy atom. The van der Waals surface area contributed by atoms with E-state index in [1.807, 2.05) is 0 Å². The normalized spacial score (nSPS) is 15.1. The molecule has 1 heterocycles. The fourth-order valence-corrected chi connectivity index (χ4v) is 1.55. The van der Waals surface area contributed by atoms with E-state index < -0.39 is 5.82 Å². The van der Waals surface area contributed by atoms with E-state index in [1.54, 1.807) is 0 Å². The van der Waals surface area contributed by atoms with Gasteiger partial charge in [-0.05, 0) is 12.1 Å². The molecular formula is C9H6ClFO2. The molecule has 1 aliphatic rings. The van der Waals surface area contributed by atoms with Crippen molar-refractivity contribution in [2.75, 3.05) is 6.61 Å². The van der Waals surface area contributed by atoms with Gasteiger partial charge in [-0.2, -0.15) is 0 Å². The van der Waals surface area contributed by atoms with Crippen LogP contribution in [0.3, 0.4) is 0 Å². The number of fused-ring (bicyclic) bond motifs is 1. The predicted molar refractivity (Wildman–Crippen MR) is 45.9 cm³/mol. The summed E-state index contributed by atoms with van der Waals surface area (Å²) in [6, 6.07) is 2.62. The highest BCUT2D eigenvalue weighted by atomic mass is 35.5. The molecule has 68 valence electrons. The van der Waals surface area contributed by atoms with Gasteiger partial charge in [0.15, 0.2) is 5.78 Å². The highest BCUT2D eigenvalue weighted by Gasteiger charge is 2.23. The summed E-state index contributed by atoms with van der Waals surface area (Å²) >= 11 is 5.63. The summed E-state index contributed by atoms with van der Waals surface area (Å²) in [4.78, 5) is 11.3. The molecule has 0 bridgehead atoms. The molecule has 0 saturated heterocycles. The molecule has 0 atom stereocenters. The molecule has 1 aromatic rings. The lowest BCUT2D eigenvalue weighted by atomic mass is 10.1. The van der Waals surface area contributed by atoms with Crippen LogP contribution in [0.5, 0.6) is 5.75 Å². The molecule has 0 aliphatic carbocycles. The predicted octanol–water partition coefficient (Wildman–Crippen LogP) is 2.44. The van der Waals surface area contributed by atoms with Crippen LogP contribution in [0.1, 0.15) is 16.8 Å². The van der Waals surface area contributed by atoms with Crippen LogP contribution in [0.25, 0.3) is 0 Å². The number of carbonyl (C=O) groups excluding carboxylic acids is 1. The lowest BCUT2D eigenvalue weighted by Gasteiger charge is -2.16. The van der Waals surface area contributed by atoms with Crippen LogP contribution in [0, 0.1) is 5.82 Å². The second-order valence-corrected chi connectivity index (χ2v) is 3.13. The standard InChI is InChI=1S/C9H6ClFO2/c10-9-5(11)1-2-7-8(9)6(12)3-4-13-7/h1-2H,3-4H2. The quantitative estimate of drug-likeness (QED) is 0.643. The second-order valence-electron chi connectivity index (χ2n) is 2.76. The molecule has 0 radical (unpaired) electrons. The Bertz CT molecular complexity index is 376. The Morgan fingerprint density at radius 3 is 3.00 bits per heavy atom. The Hall–Kier alpha value is -1.09. The van der Waals surface area contributed by atoms with Crippen molar-refractivity contribution in [3.05, 3.63) is 28.5 Å². The SMILES string of the molecule is O=C1CCOc2ccc(F)c(Cl)c21. The van der Waals surface area contributed by atoms with Gasteiger partial charge in [0.05, 0.1) is 17.2 Å². The van der Waals surface area contributed by atoms with E-state index in [0.717, 1.165) is 0 Å². The maximum Gasteiger partial charge on any atom is 0.171 e. The van der Waals surface area contributed by atoms with E-state index in [9.17, 15) is 9.18 Å². The van der Waals surface area contributed by atoms with Crippen LogP contribution in [0.15, 0.2) is 12.1 Å². The maximum absolute atomic E-state index is 12.9. The van der Waals surface area contributed by atoms with Crippen molar-refractivity contribution in [3.8, 4) is 5.75 Å². The zero-order valence-electron chi connectivity index (χ0n) is 6.64. The van der Waals surface area contributed by atoms with E-state index in [4.69, 9.17) is 16.3 Å². The average Bonchev–Trinajstić information content (AvgIpc) is 2.12. The van der Waals surface area contributed by atoms with Gasteiger partial charge in [0.25, 0.3) is 0 Å². The first-order valence-electron chi connectivity index (χ1n) is 3.84. The van der Waals surface area contributed by atoms with Crippen LogP contribution in [0.4, 0.5) is 4.39 Å². The number of hydrogen-bond donors (Lipinski definition) is 0. The average molecular weight is 201 g/mol. The van der Waals surface area contributed by atoms with Crippen LogP contribution < -0.4 is 4.74 Å². The van der Waals surface area contributed by atoms with E-state index in [0.29, 0.717) is 12.4 Å². The summed E-state index contributed by atoms with van der Waals surface area (Å²) in [7, 11) is 0. The van der Waals surface area contributed by atoms with Gasteiger partial charge in [-0.15, -0.1) is 0 Å². The molecular weight excluding hydrogens is 195 g/mol. The van der Waals surface area contributed by atoms with Crippen LogP contribution in [-0.4, -0.2) is 12.4 Å². The van der Waals surface area contributed by atoms with E-state index in [2.05, 4.69) is 0 Å². The molecule has 0 spiro atoms. The van der Waals surface area contributed by atoms with Crippen LogP contribution >= 0.6 is 11.6 Å². The number of carbonyl (C=O) groups is 1. The van der Waals surface area contributed by atoms with Gasteiger partial charge in [-0.3, -0.25) is 4.79 Å². The fourth-order valence-electron chi connectivity index (χ4n) is 1.29. The summed E-state index contributed by atoms with van der Waals surface area (Å²) in [5.74, 6) is -0.368. The monoisotopic (exact) mass is 200 g/mol. The summed E-state index contributed by atoms with van der Waals surface area (Å²) in [6.45, 7) is 0.341. The molecule has 0 aromatic heterocycles. The highest BCUT2D eigenvalue weighted by molar-refractivity contribution is 6.34.